The average Bonchev–Trinajstić information content (AvgIpc) is 2.40. The highest BCUT2D eigenvalue weighted by atomic mass is 32.2. The SMILES string of the molecule is COc1ccc2c(c1)C(=O)N(CCOS(C)(=O)=O)CO2. The van der Waals surface area contributed by atoms with E-state index in [0.29, 0.717) is 17.1 Å². The van der Waals surface area contributed by atoms with Gasteiger partial charge >= 0.3 is 0 Å². The second-order valence-electron chi connectivity index (χ2n) is 4.23. The maximum absolute atomic E-state index is 12.2. The molecule has 1 heterocycles. The number of carbonyl (C=O) groups is 1. The Kier molecular flexibility index (Phi) is 4.15. The van der Waals surface area contributed by atoms with Crippen molar-refractivity contribution in [3.05, 3.63) is 23.8 Å². The van der Waals surface area contributed by atoms with Gasteiger partial charge in [-0.05, 0) is 18.2 Å². The van der Waals surface area contributed by atoms with Gasteiger partial charge in [-0.2, -0.15) is 8.42 Å². The van der Waals surface area contributed by atoms with Crippen LogP contribution in [0.4, 0.5) is 0 Å². The molecule has 1 amide bonds. The summed E-state index contributed by atoms with van der Waals surface area (Å²) in [6.45, 7) is 0.0844. The fraction of sp³-hybridized carbons (Fsp3) is 0.417. The van der Waals surface area contributed by atoms with Gasteiger partial charge in [0.25, 0.3) is 16.0 Å². The molecule has 0 aliphatic carbocycles. The summed E-state index contributed by atoms with van der Waals surface area (Å²) in [6.07, 6.45) is 0.960. The second kappa shape index (κ2) is 5.68. The Bertz CT molecular complexity index is 612. The number of carbonyl (C=O) groups excluding carboxylic acids is 1. The van der Waals surface area contributed by atoms with Gasteiger partial charge in [0.15, 0.2) is 6.73 Å². The highest BCUT2D eigenvalue weighted by Crippen LogP contribution is 2.28. The van der Waals surface area contributed by atoms with Crippen LogP contribution in [0.2, 0.25) is 0 Å². The van der Waals surface area contributed by atoms with Crippen LogP contribution in [-0.2, 0) is 14.3 Å². The van der Waals surface area contributed by atoms with Gasteiger partial charge < -0.3 is 14.4 Å². The molecule has 110 valence electrons. The van der Waals surface area contributed by atoms with Crippen LogP contribution in [0.3, 0.4) is 0 Å². The number of hydrogen-bond acceptors (Lipinski definition) is 6. The molecule has 7 nitrogen and oxygen atoms in total. The third-order valence-corrected chi connectivity index (χ3v) is 3.33. The first kappa shape index (κ1) is 14.6. The number of fused-ring (bicyclic) bond motifs is 1. The summed E-state index contributed by atoms with van der Waals surface area (Å²) in [5.41, 5.74) is 0.384. The lowest BCUT2D eigenvalue weighted by molar-refractivity contribution is 0.0483. The van der Waals surface area contributed by atoms with Crippen molar-refractivity contribution in [1.29, 1.82) is 0 Å². The molecule has 0 unspecified atom stereocenters. The molecule has 0 saturated heterocycles. The Hall–Kier alpha value is -1.80. The van der Waals surface area contributed by atoms with E-state index in [9.17, 15) is 13.2 Å². The third-order valence-electron chi connectivity index (χ3n) is 2.74. The van der Waals surface area contributed by atoms with E-state index in [2.05, 4.69) is 4.18 Å². The van der Waals surface area contributed by atoms with Crippen LogP contribution in [0.5, 0.6) is 11.5 Å². The number of methoxy groups -OCH3 is 1. The fourth-order valence-corrected chi connectivity index (χ4v) is 2.15. The molecule has 20 heavy (non-hydrogen) atoms. The van der Waals surface area contributed by atoms with E-state index in [1.165, 1.54) is 12.0 Å². The minimum atomic E-state index is -3.51. The van der Waals surface area contributed by atoms with Gasteiger partial charge in [-0.1, -0.05) is 0 Å². The first-order valence-corrected chi connectivity index (χ1v) is 7.67. The largest absolute Gasteiger partial charge is 0.497 e. The molecule has 0 saturated carbocycles. The summed E-state index contributed by atoms with van der Waals surface area (Å²) in [5, 5.41) is 0. The van der Waals surface area contributed by atoms with E-state index in [-0.39, 0.29) is 25.8 Å². The summed E-state index contributed by atoms with van der Waals surface area (Å²) >= 11 is 0. The molecule has 0 N–H and O–H groups in total. The molecule has 1 aromatic carbocycles. The molecule has 1 aliphatic rings. The van der Waals surface area contributed by atoms with E-state index in [1.807, 2.05) is 0 Å². The first-order valence-electron chi connectivity index (χ1n) is 5.85. The molecule has 8 heteroatoms. The van der Waals surface area contributed by atoms with Crippen LogP contribution in [-0.4, -0.2) is 52.5 Å². The molecule has 1 aliphatic heterocycles. The zero-order valence-corrected chi connectivity index (χ0v) is 12.0. The minimum absolute atomic E-state index is 0.0608. The highest BCUT2D eigenvalue weighted by molar-refractivity contribution is 7.85. The highest BCUT2D eigenvalue weighted by Gasteiger charge is 2.26. The van der Waals surface area contributed by atoms with Crippen LogP contribution in [0.25, 0.3) is 0 Å². The maximum atomic E-state index is 12.2. The molecule has 0 aromatic heterocycles. The predicted octanol–water partition coefficient (Wildman–Crippen LogP) is 0.464. The minimum Gasteiger partial charge on any atom is -0.497 e. The van der Waals surface area contributed by atoms with Crippen molar-refractivity contribution in [1.82, 2.24) is 4.90 Å². The molecular formula is C12H15NO6S. The summed E-state index contributed by atoms with van der Waals surface area (Å²) in [7, 11) is -2.00. The number of hydrogen-bond donors (Lipinski definition) is 0. The van der Waals surface area contributed by atoms with Crippen molar-refractivity contribution < 1.29 is 26.9 Å². The van der Waals surface area contributed by atoms with Gasteiger partial charge in [0.1, 0.15) is 11.5 Å². The Morgan fingerprint density at radius 1 is 1.40 bits per heavy atom. The number of amides is 1. The Morgan fingerprint density at radius 3 is 2.80 bits per heavy atom. The van der Waals surface area contributed by atoms with E-state index >= 15 is 0 Å². The van der Waals surface area contributed by atoms with Gasteiger partial charge in [0, 0.05) is 6.54 Å². The summed E-state index contributed by atoms with van der Waals surface area (Å²) < 4.78 is 36.8. The molecule has 1 aromatic rings. The quantitative estimate of drug-likeness (QED) is 0.735. The van der Waals surface area contributed by atoms with Gasteiger partial charge in [0.05, 0.1) is 25.5 Å². The van der Waals surface area contributed by atoms with Gasteiger partial charge in [-0.25, -0.2) is 0 Å². The van der Waals surface area contributed by atoms with Crippen LogP contribution in [0, 0.1) is 0 Å². The lowest BCUT2D eigenvalue weighted by Crippen LogP contribution is -2.40. The third kappa shape index (κ3) is 3.40. The summed E-state index contributed by atoms with van der Waals surface area (Å²) in [6, 6.07) is 4.95. The molecule has 0 bridgehead atoms. The molecule has 0 fully saturated rings. The number of ether oxygens (including phenoxy) is 2. The predicted molar refractivity (Wildman–Crippen MR) is 70.3 cm³/mol. The number of benzene rings is 1. The fourth-order valence-electron chi connectivity index (χ4n) is 1.77. The molecule has 0 atom stereocenters. The Balaban J connectivity index is 2.07. The maximum Gasteiger partial charge on any atom is 0.264 e. The van der Waals surface area contributed by atoms with Gasteiger partial charge in [-0.15, -0.1) is 0 Å². The molecule has 2 rings (SSSR count). The van der Waals surface area contributed by atoms with Crippen LogP contribution in [0.1, 0.15) is 10.4 Å². The van der Waals surface area contributed by atoms with Crippen molar-refractivity contribution >= 4 is 16.0 Å². The van der Waals surface area contributed by atoms with Crippen molar-refractivity contribution in [3.63, 3.8) is 0 Å². The summed E-state index contributed by atoms with van der Waals surface area (Å²) in [4.78, 5) is 13.6. The topological polar surface area (TPSA) is 82.1 Å². The molecule has 0 spiro atoms. The van der Waals surface area contributed by atoms with E-state index in [0.717, 1.165) is 6.26 Å². The van der Waals surface area contributed by atoms with E-state index in [1.54, 1.807) is 18.2 Å². The Labute approximate surface area is 117 Å². The van der Waals surface area contributed by atoms with Crippen LogP contribution < -0.4 is 9.47 Å². The van der Waals surface area contributed by atoms with Crippen molar-refractivity contribution in [2.24, 2.45) is 0 Å². The number of rotatable bonds is 5. The average molecular weight is 301 g/mol. The lowest BCUT2D eigenvalue weighted by atomic mass is 10.1. The zero-order chi connectivity index (χ0) is 14.8. The number of nitrogens with zero attached hydrogens (tertiary/aromatic N) is 1. The first-order chi connectivity index (χ1) is 9.40. The monoisotopic (exact) mass is 301 g/mol. The standard InChI is InChI=1S/C12H15NO6S/c1-17-9-3-4-11-10(7-9)12(14)13(8-18-11)5-6-19-20(2,15)16/h3-4,7H,5-6,8H2,1-2H3. The van der Waals surface area contributed by atoms with Gasteiger partial charge in [0.2, 0.25) is 0 Å². The van der Waals surface area contributed by atoms with E-state index in [4.69, 9.17) is 9.47 Å². The smallest absolute Gasteiger partial charge is 0.264 e. The van der Waals surface area contributed by atoms with Crippen molar-refractivity contribution in [2.45, 2.75) is 0 Å². The van der Waals surface area contributed by atoms with Crippen molar-refractivity contribution in [3.8, 4) is 11.5 Å². The van der Waals surface area contributed by atoms with Gasteiger partial charge in [-0.3, -0.25) is 8.98 Å². The van der Waals surface area contributed by atoms with E-state index < -0.39 is 10.1 Å². The molecule has 0 radical (unpaired) electrons. The zero-order valence-electron chi connectivity index (χ0n) is 11.2. The van der Waals surface area contributed by atoms with Crippen LogP contribution in [0.15, 0.2) is 18.2 Å². The van der Waals surface area contributed by atoms with Crippen molar-refractivity contribution in [2.75, 3.05) is 33.2 Å². The lowest BCUT2D eigenvalue weighted by Gasteiger charge is -2.28. The Morgan fingerprint density at radius 2 is 2.15 bits per heavy atom. The van der Waals surface area contributed by atoms with Crippen LogP contribution >= 0.6 is 0 Å². The second-order valence-corrected chi connectivity index (χ2v) is 5.87. The summed E-state index contributed by atoms with van der Waals surface area (Å²) in [5.74, 6) is 0.785. The normalized spacial score (nSPS) is 14.7. The molecular weight excluding hydrogens is 286 g/mol.